The molecule has 1 unspecified atom stereocenters. The quantitative estimate of drug-likeness (QED) is 0.252. The lowest BCUT2D eigenvalue weighted by Gasteiger charge is -2.22. The zero-order valence-electron chi connectivity index (χ0n) is 19.2. The van der Waals surface area contributed by atoms with Gasteiger partial charge in [-0.25, -0.2) is 0 Å². The maximum Gasteiger partial charge on any atom is 0.303 e. The lowest BCUT2D eigenvalue weighted by atomic mass is 10.1. The maximum absolute atomic E-state index is 12.8. The van der Waals surface area contributed by atoms with E-state index in [-0.39, 0.29) is 25.7 Å². The lowest BCUT2D eigenvalue weighted by Crippen LogP contribution is -2.54. The number of amides is 4. The zero-order chi connectivity index (χ0) is 26.0. The van der Waals surface area contributed by atoms with Crippen LogP contribution in [0.5, 0.6) is 0 Å². The first-order valence-corrected chi connectivity index (χ1v) is 11.0. The van der Waals surface area contributed by atoms with Gasteiger partial charge < -0.3 is 31.6 Å². The first-order chi connectivity index (χ1) is 16.6. The van der Waals surface area contributed by atoms with Crippen LogP contribution in [0.25, 0.3) is 10.8 Å². The Morgan fingerprint density at radius 2 is 1.60 bits per heavy atom. The number of rotatable bonds is 13. The second kappa shape index (κ2) is 12.8. The van der Waals surface area contributed by atoms with Crippen molar-refractivity contribution in [3.05, 3.63) is 48.0 Å². The molecule has 0 aliphatic carbocycles. The van der Waals surface area contributed by atoms with Crippen LogP contribution >= 0.6 is 0 Å². The Morgan fingerprint density at radius 1 is 0.914 bits per heavy atom. The number of nitrogens with one attached hydrogen (secondary N) is 3. The number of fused-ring (bicyclic) bond motifs is 1. The standard InChI is InChI=1S/C24H28N4O7/c1-14(22(33)27-18(13-29)8-11-21(31)32)26-24(35)19(9-10-20(25)30)28-23(34)17-7-6-15-4-2-3-5-16(15)12-17/h2-7,12-14,18-19H,8-11H2,1H3,(H2,25,30)(H,26,35)(H,27,33)(H,28,34)(H,31,32)/t14-,18?,19-/m0/s1. The molecule has 0 saturated carbocycles. The monoisotopic (exact) mass is 484 g/mol. The number of carboxylic acids is 1. The highest BCUT2D eigenvalue weighted by Gasteiger charge is 2.26. The van der Waals surface area contributed by atoms with Crippen molar-refractivity contribution in [1.82, 2.24) is 16.0 Å². The number of carboxylic acid groups (broad SMARTS) is 1. The summed E-state index contributed by atoms with van der Waals surface area (Å²) >= 11 is 0. The van der Waals surface area contributed by atoms with E-state index in [9.17, 15) is 28.8 Å². The number of carbonyl (C=O) groups is 6. The van der Waals surface area contributed by atoms with E-state index in [0.717, 1.165) is 10.8 Å². The summed E-state index contributed by atoms with van der Waals surface area (Å²) in [6.45, 7) is 1.36. The number of hydrogen-bond acceptors (Lipinski definition) is 6. The van der Waals surface area contributed by atoms with Gasteiger partial charge in [-0.3, -0.25) is 24.0 Å². The zero-order valence-corrected chi connectivity index (χ0v) is 19.2. The second-order valence-corrected chi connectivity index (χ2v) is 8.01. The third-order valence-corrected chi connectivity index (χ3v) is 5.23. The molecule has 0 bridgehead atoms. The number of hydrogen-bond donors (Lipinski definition) is 5. The lowest BCUT2D eigenvalue weighted by molar-refractivity contribution is -0.137. The Hall–Kier alpha value is -4.28. The average Bonchev–Trinajstić information content (AvgIpc) is 2.83. The summed E-state index contributed by atoms with van der Waals surface area (Å²) in [6.07, 6.45) is -0.285. The highest BCUT2D eigenvalue weighted by atomic mass is 16.4. The number of benzene rings is 2. The molecule has 2 aromatic carbocycles. The molecule has 2 rings (SSSR count). The van der Waals surface area contributed by atoms with E-state index >= 15 is 0 Å². The van der Waals surface area contributed by atoms with E-state index in [1.807, 2.05) is 24.3 Å². The van der Waals surface area contributed by atoms with Gasteiger partial charge in [-0.05, 0) is 42.7 Å². The van der Waals surface area contributed by atoms with Gasteiger partial charge in [-0.15, -0.1) is 0 Å². The molecule has 2 aromatic rings. The van der Waals surface area contributed by atoms with Gasteiger partial charge in [-0.2, -0.15) is 0 Å². The number of carbonyl (C=O) groups excluding carboxylic acids is 5. The van der Waals surface area contributed by atoms with Crippen LogP contribution in [0, 0.1) is 0 Å². The van der Waals surface area contributed by atoms with E-state index in [1.54, 1.807) is 18.2 Å². The summed E-state index contributed by atoms with van der Waals surface area (Å²) in [5.41, 5.74) is 5.50. The minimum Gasteiger partial charge on any atom is -0.481 e. The summed E-state index contributed by atoms with van der Waals surface area (Å²) in [7, 11) is 0. The van der Waals surface area contributed by atoms with Gasteiger partial charge in [0.25, 0.3) is 5.91 Å². The SMILES string of the molecule is C[C@H](NC(=O)[C@H](CCC(N)=O)NC(=O)c1ccc2ccccc2c1)C(=O)NC(C=O)CCC(=O)O. The van der Waals surface area contributed by atoms with Crippen LogP contribution in [0.15, 0.2) is 42.5 Å². The van der Waals surface area contributed by atoms with Gasteiger partial charge in [-0.1, -0.05) is 30.3 Å². The fourth-order valence-corrected chi connectivity index (χ4v) is 3.27. The molecule has 0 radical (unpaired) electrons. The van der Waals surface area contributed by atoms with Crippen LogP contribution in [0.1, 0.15) is 43.0 Å². The van der Waals surface area contributed by atoms with E-state index in [1.165, 1.54) is 6.92 Å². The molecule has 0 heterocycles. The molecule has 35 heavy (non-hydrogen) atoms. The molecule has 11 heteroatoms. The molecule has 4 amide bonds. The van der Waals surface area contributed by atoms with Crippen molar-refractivity contribution in [3.8, 4) is 0 Å². The third kappa shape index (κ3) is 8.54. The molecule has 0 saturated heterocycles. The van der Waals surface area contributed by atoms with E-state index < -0.39 is 47.7 Å². The predicted molar refractivity (Wildman–Crippen MR) is 126 cm³/mol. The average molecular weight is 485 g/mol. The molecule has 0 aliphatic heterocycles. The van der Waals surface area contributed by atoms with Crippen LogP contribution in [-0.4, -0.2) is 59.1 Å². The Kier molecular flexibility index (Phi) is 9.88. The van der Waals surface area contributed by atoms with Gasteiger partial charge in [0.1, 0.15) is 18.4 Å². The van der Waals surface area contributed by atoms with Gasteiger partial charge in [0.05, 0.1) is 6.04 Å². The number of nitrogens with two attached hydrogens (primary N) is 1. The summed E-state index contributed by atoms with van der Waals surface area (Å²) in [4.78, 5) is 71.0. The fraction of sp³-hybridized carbons (Fsp3) is 0.333. The Bertz CT molecular complexity index is 1120. The summed E-state index contributed by atoms with van der Waals surface area (Å²) in [5, 5.41) is 17.8. The molecule has 3 atom stereocenters. The van der Waals surface area contributed by atoms with E-state index in [4.69, 9.17) is 10.8 Å². The van der Waals surface area contributed by atoms with Crippen molar-refractivity contribution >= 4 is 46.7 Å². The van der Waals surface area contributed by atoms with E-state index in [2.05, 4.69) is 16.0 Å². The Morgan fingerprint density at radius 3 is 2.23 bits per heavy atom. The first kappa shape index (κ1) is 27.0. The highest BCUT2D eigenvalue weighted by Crippen LogP contribution is 2.16. The van der Waals surface area contributed by atoms with Crippen LogP contribution < -0.4 is 21.7 Å². The number of primary amides is 1. The minimum atomic E-state index is -1.16. The maximum atomic E-state index is 12.8. The van der Waals surface area contributed by atoms with Crippen LogP contribution in [0.2, 0.25) is 0 Å². The minimum absolute atomic E-state index is 0.0929. The molecular weight excluding hydrogens is 456 g/mol. The smallest absolute Gasteiger partial charge is 0.303 e. The van der Waals surface area contributed by atoms with Gasteiger partial charge in [0, 0.05) is 18.4 Å². The van der Waals surface area contributed by atoms with Crippen LogP contribution in [0.4, 0.5) is 0 Å². The number of aldehydes is 1. The first-order valence-electron chi connectivity index (χ1n) is 11.0. The number of aliphatic carboxylic acids is 1. The highest BCUT2D eigenvalue weighted by molar-refractivity contribution is 6.01. The largest absolute Gasteiger partial charge is 0.481 e. The van der Waals surface area contributed by atoms with Crippen molar-refractivity contribution in [2.24, 2.45) is 5.73 Å². The third-order valence-electron chi connectivity index (χ3n) is 5.23. The normalized spacial score (nSPS) is 13.2. The van der Waals surface area contributed by atoms with Gasteiger partial charge in [0.2, 0.25) is 17.7 Å². The van der Waals surface area contributed by atoms with Crippen molar-refractivity contribution in [3.63, 3.8) is 0 Å². The van der Waals surface area contributed by atoms with E-state index in [0.29, 0.717) is 11.8 Å². The van der Waals surface area contributed by atoms with Gasteiger partial charge in [0.15, 0.2) is 0 Å². The molecule has 0 aliphatic rings. The Balaban J connectivity index is 2.06. The molecule has 186 valence electrons. The summed E-state index contributed by atoms with van der Waals surface area (Å²) < 4.78 is 0. The Labute approximate surface area is 201 Å². The molecular formula is C24H28N4O7. The molecule has 0 aromatic heterocycles. The van der Waals surface area contributed by atoms with Crippen molar-refractivity contribution < 1.29 is 33.9 Å². The van der Waals surface area contributed by atoms with Crippen molar-refractivity contribution in [2.75, 3.05) is 0 Å². The molecule has 6 N–H and O–H groups in total. The predicted octanol–water partition coefficient (Wildman–Crippen LogP) is 0.257. The summed E-state index contributed by atoms with van der Waals surface area (Å²) in [5.74, 6) is -3.77. The molecule has 11 nitrogen and oxygen atoms in total. The van der Waals surface area contributed by atoms with Gasteiger partial charge >= 0.3 is 5.97 Å². The molecule has 0 spiro atoms. The van der Waals surface area contributed by atoms with Crippen LogP contribution in [-0.2, 0) is 24.0 Å². The van der Waals surface area contributed by atoms with Crippen LogP contribution in [0.3, 0.4) is 0 Å². The fourth-order valence-electron chi connectivity index (χ4n) is 3.27. The molecule has 0 fully saturated rings. The van der Waals surface area contributed by atoms with Crippen molar-refractivity contribution in [1.29, 1.82) is 0 Å². The second-order valence-electron chi connectivity index (χ2n) is 8.01. The topological polar surface area (TPSA) is 185 Å². The van der Waals surface area contributed by atoms with Crippen molar-refractivity contribution in [2.45, 2.75) is 50.7 Å². The summed E-state index contributed by atoms with van der Waals surface area (Å²) in [6, 6.07) is 9.17.